The summed E-state index contributed by atoms with van der Waals surface area (Å²) in [5.41, 5.74) is 1.53. The highest BCUT2D eigenvalue weighted by molar-refractivity contribution is 7.16. The average Bonchev–Trinajstić information content (AvgIpc) is 2.70. The van der Waals surface area contributed by atoms with Gasteiger partial charge in [0.15, 0.2) is 0 Å². The van der Waals surface area contributed by atoms with Crippen LogP contribution in [0.2, 0.25) is 4.34 Å². The van der Waals surface area contributed by atoms with Crippen LogP contribution in [0.3, 0.4) is 0 Å². The molecule has 0 bridgehead atoms. The summed E-state index contributed by atoms with van der Waals surface area (Å²) in [7, 11) is 0. The molecule has 16 heavy (non-hydrogen) atoms. The van der Waals surface area contributed by atoms with Crippen molar-refractivity contribution in [2.24, 2.45) is 11.3 Å². The standard InChI is InChI=1S/C13H18Cl2S/c1-8-7-10(16-12(8)15)11(14)9-5-4-6-13(9,2)3/h7,9,11H,4-6H2,1-3H3. The van der Waals surface area contributed by atoms with Crippen molar-refractivity contribution in [3.05, 3.63) is 20.8 Å². The Morgan fingerprint density at radius 1 is 1.50 bits per heavy atom. The van der Waals surface area contributed by atoms with Crippen LogP contribution in [0.4, 0.5) is 0 Å². The van der Waals surface area contributed by atoms with Gasteiger partial charge in [-0.15, -0.1) is 22.9 Å². The molecule has 0 spiro atoms. The van der Waals surface area contributed by atoms with Crippen LogP contribution in [0.15, 0.2) is 6.07 Å². The number of hydrogen-bond donors (Lipinski definition) is 0. The molecule has 0 saturated heterocycles. The maximum atomic E-state index is 6.63. The van der Waals surface area contributed by atoms with Crippen LogP contribution in [0.25, 0.3) is 0 Å². The first-order chi connectivity index (χ1) is 7.42. The van der Waals surface area contributed by atoms with E-state index in [-0.39, 0.29) is 5.38 Å². The Morgan fingerprint density at radius 2 is 2.19 bits per heavy atom. The molecule has 0 amide bonds. The molecule has 0 radical (unpaired) electrons. The quantitative estimate of drug-likeness (QED) is 0.598. The fraction of sp³-hybridized carbons (Fsp3) is 0.692. The van der Waals surface area contributed by atoms with Gasteiger partial charge in [0.1, 0.15) is 0 Å². The van der Waals surface area contributed by atoms with Gasteiger partial charge in [-0.25, -0.2) is 0 Å². The van der Waals surface area contributed by atoms with E-state index >= 15 is 0 Å². The molecule has 0 aliphatic heterocycles. The van der Waals surface area contributed by atoms with Crippen LogP contribution in [0.5, 0.6) is 0 Å². The van der Waals surface area contributed by atoms with Crippen LogP contribution in [0, 0.1) is 18.3 Å². The van der Waals surface area contributed by atoms with Crippen LogP contribution >= 0.6 is 34.5 Å². The Balaban J connectivity index is 2.22. The highest BCUT2D eigenvalue weighted by Gasteiger charge is 2.39. The highest BCUT2D eigenvalue weighted by atomic mass is 35.5. The Morgan fingerprint density at radius 3 is 2.62 bits per heavy atom. The third-order valence-electron chi connectivity index (χ3n) is 3.84. The zero-order valence-electron chi connectivity index (χ0n) is 10.0. The second kappa shape index (κ2) is 4.51. The van der Waals surface area contributed by atoms with Crippen molar-refractivity contribution in [3.63, 3.8) is 0 Å². The van der Waals surface area contributed by atoms with E-state index in [2.05, 4.69) is 19.9 Å². The molecule has 2 atom stereocenters. The zero-order valence-corrected chi connectivity index (χ0v) is 12.3. The second-order valence-corrected chi connectivity index (χ2v) is 7.65. The summed E-state index contributed by atoms with van der Waals surface area (Å²) in [5.74, 6) is 0.586. The summed E-state index contributed by atoms with van der Waals surface area (Å²) >= 11 is 14.4. The maximum Gasteiger partial charge on any atom is 0.0960 e. The van der Waals surface area contributed by atoms with E-state index < -0.39 is 0 Å². The molecule has 1 fully saturated rings. The van der Waals surface area contributed by atoms with Gasteiger partial charge in [-0.05, 0) is 42.7 Å². The van der Waals surface area contributed by atoms with Gasteiger partial charge in [0.2, 0.25) is 0 Å². The van der Waals surface area contributed by atoms with Gasteiger partial charge in [-0.3, -0.25) is 0 Å². The Labute approximate surface area is 112 Å². The molecule has 0 N–H and O–H groups in total. The van der Waals surface area contributed by atoms with Crippen molar-refractivity contribution in [2.75, 3.05) is 0 Å². The van der Waals surface area contributed by atoms with Gasteiger partial charge in [0, 0.05) is 4.88 Å². The number of rotatable bonds is 2. The predicted octanol–water partition coefficient (Wildman–Crippen LogP) is 5.82. The Kier molecular flexibility index (Phi) is 3.59. The first kappa shape index (κ1) is 12.7. The minimum absolute atomic E-state index is 0.133. The lowest BCUT2D eigenvalue weighted by molar-refractivity contribution is 0.253. The SMILES string of the molecule is Cc1cc(C(Cl)C2CCCC2(C)C)sc1Cl. The molecule has 1 aliphatic rings. The molecule has 1 aromatic rings. The van der Waals surface area contributed by atoms with Crippen LogP contribution < -0.4 is 0 Å². The van der Waals surface area contributed by atoms with Crippen LogP contribution in [0.1, 0.15) is 48.9 Å². The van der Waals surface area contributed by atoms with Crippen molar-refractivity contribution in [3.8, 4) is 0 Å². The molecule has 90 valence electrons. The normalized spacial score (nSPS) is 25.9. The summed E-state index contributed by atoms with van der Waals surface area (Å²) in [6, 6.07) is 2.15. The smallest absolute Gasteiger partial charge is 0.0960 e. The lowest BCUT2D eigenvalue weighted by atomic mass is 9.79. The summed E-state index contributed by atoms with van der Waals surface area (Å²) in [6.07, 6.45) is 3.84. The van der Waals surface area contributed by atoms with Gasteiger partial charge in [-0.1, -0.05) is 31.9 Å². The van der Waals surface area contributed by atoms with Crippen molar-refractivity contribution >= 4 is 34.5 Å². The molecule has 2 rings (SSSR count). The number of aryl methyl sites for hydroxylation is 1. The van der Waals surface area contributed by atoms with E-state index in [9.17, 15) is 0 Å². The van der Waals surface area contributed by atoms with E-state index in [4.69, 9.17) is 23.2 Å². The first-order valence-electron chi connectivity index (χ1n) is 5.82. The molecular formula is C13H18Cl2S. The highest BCUT2D eigenvalue weighted by Crippen LogP contribution is 2.52. The monoisotopic (exact) mass is 276 g/mol. The summed E-state index contributed by atoms with van der Waals surface area (Å²) in [4.78, 5) is 1.24. The minimum atomic E-state index is 0.133. The van der Waals surface area contributed by atoms with Crippen molar-refractivity contribution in [1.82, 2.24) is 0 Å². The van der Waals surface area contributed by atoms with E-state index in [1.54, 1.807) is 11.3 Å². The molecule has 1 heterocycles. The third kappa shape index (κ3) is 2.27. The van der Waals surface area contributed by atoms with Crippen LogP contribution in [-0.2, 0) is 0 Å². The number of hydrogen-bond acceptors (Lipinski definition) is 1. The molecule has 1 aromatic heterocycles. The van der Waals surface area contributed by atoms with E-state index in [0.29, 0.717) is 11.3 Å². The number of thiophene rings is 1. The summed E-state index contributed by atoms with van der Waals surface area (Å²) in [5, 5.41) is 0.133. The Hall–Kier alpha value is 0.280. The predicted molar refractivity (Wildman–Crippen MR) is 73.8 cm³/mol. The van der Waals surface area contributed by atoms with E-state index in [1.807, 2.05) is 6.92 Å². The fourth-order valence-electron chi connectivity index (χ4n) is 2.71. The van der Waals surface area contributed by atoms with Gasteiger partial charge in [0.25, 0.3) is 0 Å². The lowest BCUT2D eigenvalue weighted by Gasteiger charge is -2.30. The zero-order chi connectivity index (χ0) is 11.9. The van der Waals surface area contributed by atoms with Gasteiger partial charge in [-0.2, -0.15) is 0 Å². The van der Waals surface area contributed by atoms with E-state index in [0.717, 1.165) is 9.90 Å². The summed E-state index contributed by atoms with van der Waals surface area (Å²) < 4.78 is 0.886. The van der Waals surface area contributed by atoms with Crippen molar-refractivity contribution in [1.29, 1.82) is 0 Å². The molecule has 0 nitrogen and oxygen atoms in total. The van der Waals surface area contributed by atoms with Gasteiger partial charge >= 0.3 is 0 Å². The average molecular weight is 277 g/mol. The molecule has 0 aromatic carbocycles. The molecule has 1 aliphatic carbocycles. The molecule has 1 saturated carbocycles. The lowest BCUT2D eigenvalue weighted by Crippen LogP contribution is -2.21. The van der Waals surface area contributed by atoms with E-state index in [1.165, 1.54) is 24.1 Å². The topological polar surface area (TPSA) is 0 Å². The maximum absolute atomic E-state index is 6.63. The first-order valence-corrected chi connectivity index (χ1v) is 7.45. The van der Waals surface area contributed by atoms with Crippen LogP contribution in [-0.4, -0.2) is 0 Å². The van der Waals surface area contributed by atoms with Crippen molar-refractivity contribution in [2.45, 2.75) is 45.4 Å². The molecule has 3 heteroatoms. The number of alkyl halides is 1. The van der Waals surface area contributed by atoms with Crippen molar-refractivity contribution < 1.29 is 0 Å². The second-order valence-electron chi connectivity index (χ2n) is 5.49. The largest absolute Gasteiger partial charge is 0.127 e. The third-order valence-corrected chi connectivity index (χ3v) is 6.15. The van der Waals surface area contributed by atoms with Gasteiger partial charge in [0.05, 0.1) is 9.71 Å². The molecule has 2 unspecified atom stereocenters. The number of halogens is 2. The van der Waals surface area contributed by atoms with Gasteiger partial charge < -0.3 is 0 Å². The minimum Gasteiger partial charge on any atom is -0.127 e. The molecular weight excluding hydrogens is 259 g/mol. The summed E-state index contributed by atoms with van der Waals surface area (Å²) in [6.45, 7) is 6.72. The Bertz CT molecular complexity index is 362. The fourth-order valence-corrected chi connectivity index (χ4v) is 4.64.